The van der Waals surface area contributed by atoms with Crippen molar-refractivity contribution in [1.82, 2.24) is 0 Å². The maximum absolute atomic E-state index is 5.29. The van der Waals surface area contributed by atoms with Gasteiger partial charge in [0.2, 0.25) is 0 Å². The quantitative estimate of drug-likeness (QED) is 0.738. The number of hydrogen-bond acceptors (Lipinski definition) is 2. The number of benzene rings is 1. The number of ether oxygens (including phenoxy) is 2. The highest BCUT2D eigenvalue weighted by molar-refractivity contribution is 5.44. The first-order valence-electron chi connectivity index (χ1n) is 5.90. The first-order chi connectivity index (χ1) is 8.22. The van der Waals surface area contributed by atoms with Gasteiger partial charge in [-0.3, -0.25) is 0 Å². The minimum Gasteiger partial charge on any atom is -0.493 e. The fourth-order valence-electron chi connectivity index (χ4n) is 1.63. The van der Waals surface area contributed by atoms with Crippen molar-refractivity contribution in [3.05, 3.63) is 23.8 Å². The van der Waals surface area contributed by atoms with Crippen LogP contribution in [0.15, 0.2) is 18.2 Å². The summed E-state index contributed by atoms with van der Waals surface area (Å²) >= 11 is 0. The zero-order valence-corrected chi connectivity index (χ0v) is 11.0. The van der Waals surface area contributed by atoms with Crippen LogP contribution in [-0.4, -0.2) is 14.2 Å². The van der Waals surface area contributed by atoms with Crippen LogP contribution < -0.4 is 9.47 Å². The summed E-state index contributed by atoms with van der Waals surface area (Å²) in [5.74, 6) is 8.23. The molecule has 0 fully saturated rings. The molecule has 0 aromatic heterocycles. The van der Waals surface area contributed by atoms with E-state index < -0.39 is 0 Å². The number of methoxy groups -OCH3 is 2. The first kappa shape index (κ1) is 13.4. The predicted molar refractivity (Wildman–Crippen MR) is 70.6 cm³/mol. The van der Waals surface area contributed by atoms with Gasteiger partial charge in [-0.15, -0.1) is 11.8 Å². The molecule has 0 aliphatic carbocycles. The van der Waals surface area contributed by atoms with E-state index in [2.05, 4.69) is 31.8 Å². The molecule has 0 aliphatic rings. The van der Waals surface area contributed by atoms with Crippen LogP contribution in [0.25, 0.3) is 0 Å². The van der Waals surface area contributed by atoms with Crippen molar-refractivity contribution in [1.29, 1.82) is 0 Å². The standard InChI is InChI=1S/C15H20O2/c1-5-6-7-8-12(2)13-9-10-14(16-3)15(11-13)17-4/h9-12H,5,8H2,1-4H3. The molecule has 1 unspecified atom stereocenters. The topological polar surface area (TPSA) is 18.5 Å². The Bertz CT molecular complexity index is 413. The van der Waals surface area contributed by atoms with Gasteiger partial charge in [-0.25, -0.2) is 0 Å². The Kier molecular flexibility index (Phi) is 5.42. The Morgan fingerprint density at radius 1 is 1.12 bits per heavy atom. The van der Waals surface area contributed by atoms with Crippen molar-refractivity contribution < 1.29 is 9.47 Å². The lowest BCUT2D eigenvalue weighted by Gasteiger charge is -2.12. The van der Waals surface area contributed by atoms with E-state index in [9.17, 15) is 0 Å². The fraction of sp³-hybridized carbons (Fsp3) is 0.467. The van der Waals surface area contributed by atoms with Crippen molar-refractivity contribution in [2.45, 2.75) is 32.6 Å². The van der Waals surface area contributed by atoms with Gasteiger partial charge in [0.1, 0.15) is 0 Å². The average Bonchev–Trinajstić information content (AvgIpc) is 2.38. The molecule has 0 aliphatic heterocycles. The molecular formula is C15H20O2. The second-order valence-corrected chi connectivity index (χ2v) is 3.93. The van der Waals surface area contributed by atoms with Gasteiger partial charge in [0.05, 0.1) is 14.2 Å². The molecule has 0 saturated heterocycles. The van der Waals surface area contributed by atoms with E-state index in [-0.39, 0.29) is 0 Å². The summed E-state index contributed by atoms with van der Waals surface area (Å²) in [6, 6.07) is 6.04. The van der Waals surface area contributed by atoms with Gasteiger partial charge >= 0.3 is 0 Å². The van der Waals surface area contributed by atoms with Gasteiger partial charge in [0.25, 0.3) is 0 Å². The van der Waals surface area contributed by atoms with E-state index in [4.69, 9.17) is 9.47 Å². The monoisotopic (exact) mass is 232 g/mol. The van der Waals surface area contributed by atoms with Crippen molar-refractivity contribution >= 4 is 0 Å². The maximum atomic E-state index is 5.29. The third-order valence-electron chi connectivity index (χ3n) is 2.69. The van der Waals surface area contributed by atoms with Crippen molar-refractivity contribution in [3.63, 3.8) is 0 Å². The Labute approximate surface area is 104 Å². The van der Waals surface area contributed by atoms with E-state index in [1.165, 1.54) is 5.56 Å². The Morgan fingerprint density at radius 2 is 1.82 bits per heavy atom. The number of rotatable bonds is 4. The molecule has 0 saturated carbocycles. The second-order valence-electron chi connectivity index (χ2n) is 3.93. The van der Waals surface area contributed by atoms with Crippen LogP contribution in [0, 0.1) is 11.8 Å². The molecule has 17 heavy (non-hydrogen) atoms. The zero-order chi connectivity index (χ0) is 12.7. The Hall–Kier alpha value is -1.62. The highest BCUT2D eigenvalue weighted by Crippen LogP contribution is 2.31. The van der Waals surface area contributed by atoms with Crippen LogP contribution in [0.3, 0.4) is 0 Å². The Morgan fingerprint density at radius 3 is 2.41 bits per heavy atom. The summed E-state index contributed by atoms with van der Waals surface area (Å²) in [5.41, 5.74) is 1.23. The van der Waals surface area contributed by atoms with E-state index in [0.29, 0.717) is 5.92 Å². The van der Waals surface area contributed by atoms with Crippen LogP contribution in [0.2, 0.25) is 0 Å². The smallest absolute Gasteiger partial charge is 0.160 e. The summed E-state index contributed by atoms with van der Waals surface area (Å²) in [6.07, 6.45) is 1.79. The van der Waals surface area contributed by atoms with Crippen molar-refractivity contribution in [2.24, 2.45) is 0 Å². The normalized spacial score (nSPS) is 11.3. The van der Waals surface area contributed by atoms with Crippen molar-refractivity contribution in [3.8, 4) is 23.3 Å². The third-order valence-corrected chi connectivity index (χ3v) is 2.69. The maximum Gasteiger partial charge on any atom is 0.160 e. The highest BCUT2D eigenvalue weighted by atomic mass is 16.5. The minimum atomic E-state index is 0.411. The SMILES string of the molecule is CCC#CCC(C)c1ccc(OC)c(OC)c1. The molecule has 0 radical (unpaired) electrons. The summed E-state index contributed by atoms with van der Waals surface area (Å²) in [4.78, 5) is 0. The summed E-state index contributed by atoms with van der Waals surface area (Å²) < 4.78 is 10.5. The van der Waals surface area contributed by atoms with Crippen LogP contribution in [0.1, 0.15) is 38.2 Å². The lowest BCUT2D eigenvalue weighted by atomic mass is 9.97. The molecule has 0 spiro atoms. The fourth-order valence-corrected chi connectivity index (χ4v) is 1.63. The van der Waals surface area contributed by atoms with E-state index in [1.54, 1.807) is 14.2 Å². The molecule has 0 heterocycles. The lowest BCUT2D eigenvalue weighted by molar-refractivity contribution is 0.354. The van der Waals surface area contributed by atoms with Gasteiger partial charge in [0.15, 0.2) is 11.5 Å². The van der Waals surface area contributed by atoms with E-state index in [1.807, 2.05) is 12.1 Å². The molecule has 92 valence electrons. The van der Waals surface area contributed by atoms with E-state index in [0.717, 1.165) is 24.3 Å². The third kappa shape index (κ3) is 3.71. The largest absolute Gasteiger partial charge is 0.493 e. The van der Waals surface area contributed by atoms with Gasteiger partial charge in [-0.2, -0.15) is 0 Å². The van der Waals surface area contributed by atoms with Crippen molar-refractivity contribution in [2.75, 3.05) is 14.2 Å². The zero-order valence-electron chi connectivity index (χ0n) is 11.0. The highest BCUT2D eigenvalue weighted by Gasteiger charge is 2.09. The molecule has 1 aromatic rings. The minimum absolute atomic E-state index is 0.411. The molecule has 2 nitrogen and oxygen atoms in total. The summed E-state index contributed by atoms with van der Waals surface area (Å²) in [5, 5.41) is 0. The average molecular weight is 232 g/mol. The molecule has 1 atom stereocenters. The predicted octanol–water partition coefficient (Wildman–Crippen LogP) is 3.61. The van der Waals surface area contributed by atoms with Gasteiger partial charge < -0.3 is 9.47 Å². The summed E-state index contributed by atoms with van der Waals surface area (Å²) in [6.45, 7) is 4.24. The van der Waals surface area contributed by atoms with Crippen LogP contribution in [0.5, 0.6) is 11.5 Å². The lowest BCUT2D eigenvalue weighted by Crippen LogP contribution is -1.96. The van der Waals surface area contributed by atoms with Gasteiger partial charge in [-0.05, 0) is 23.6 Å². The van der Waals surface area contributed by atoms with Crippen LogP contribution in [-0.2, 0) is 0 Å². The molecule has 1 rings (SSSR count). The molecule has 1 aromatic carbocycles. The molecule has 0 N–H and O–H groups in total. The van der Waals surface area contributed by atoms with Crippen LogP contribution in [0.4, 0.5) is 0 Å². The summed E-state index contributed by atoms with van der Waals surface area (Å²) in [7, 11) is 3.30. The van der Waals surface area contributed by atoms with Crippen LogP contribution >= 0.6 is 0 Å². The van der Waals surface area contributed by atoms with Gasteiger partial charge in [-0.1, -0.05) is 19.9 Å². The first-order valence-corrected chi connectivity index (χ1v) is 5.90. The Balaban J connectivity index is 2.84. The second kappa shape index (κ2) is 6.85. The van der Waals surface area contributed by atoms with E-state index >= 15 is 0 Å². The number of hydrogen-bond donors (Lipinski definition) is 0. The van der Waals surface area contributed by atoms with Gasteiger partial charge in [0, 0.05) is 12.8 Å². The molecule has 2 heteroatoms. The molecule has 0 bridgehead atoms. The molecular weight excluding hydrogens is 212 g/mol. The molecule has 0 amide bonds.